The number of hydrogen-bond donors (Lipinski definition) is 4. The van der Waals surface area contributed by atoms with Crippen LogP contribution in [0.15, 0.2) is 11.3 Å². The van der Waals surface area contributed by atoms with Gasteiger partial charge in [-0.1, -0.05) is 20.8 Å². The fourth-order valence-electron chi connectivity index (χ4n) is 8.39. The quantitative estimate of drug-likeness (QED) is 0.286. The summed E-state index contributed by atoms with van der Waals surface area (Å²) in [6, 6.07) is -0.326. The lowest BCUT2D eigenvalue weighted by molar-refractivity contribution is -0.315. The fourth-order valence-corrected chi connectivity index (χ4v) is 8.39. The molecule has 0 aromatic heterocycles. The number of carbonyl (C=O) groups is 2. The first kappa shape index (κ1) is 40.1. The van der Waals surface area contributed by atoms with E-state index >= 15 is 0 Å². The first-order valence-electron chi connectivity index (χ1n) is 17.8. The van der Waals surface area contributed by atoms with Crippen molar-refractivity contribution in [3.8, 4) is 0 Å². The van der Waals surface area contributed by atoms with E-state index < -0.39 is 89.7 Å². The third-order valence-corrected chi connectivity index (χ3v) is 11.4. The Hall–Kier alpha value is -1.68. The molecule has 4 rings (SSSR count). The summed E-state index contributed by atoms with van der Waals surface area (Å²) < 4.78 is 43.7. The Morgan fingerprint density at radius 3 is 2.24 bits per heavy atom. The van der Waals surface area contributed by atoms with Crippen molar-refractivity contribution < 1.29 is 58.1 Å². The van der Waals surface area contributed by atoms with Gasteiger partial charge in [0.2, 0.25) is 11.4 Å². The van der Waals surface area contributed by atoms with E-state index in [0.717, 1.165) is 0 Å². The molecule has 4 aliphatic heterocycles. The summed E-state index contributed by atoms with van der Waals surface area (Å²) in [6.45, 7) is 17.5. The van der Waals surface area contributed by atoms with E-state index in [0.29, 0.717) is 24.2 Å². The number of aliphatic hydroxyl groups is 3. The smallest absolute Gasteiger partial charge is 0.311 e. The van der Waals surface area contributed by atoms with Gasteiger partial charge in [0.05, 0.1) is 41.5 Å². The van der Waals surface area contributed by atoms with Crippen molar-refractivity contribution in [2.24, 2.45) is 17.8 Å². The molecule has 0 unspecified atom stereocenters. The summed E-state index contributed by atoms with van der Waals surface area (Å²) in [5.74, 6) is -2.62. The number of ketones is 1. The maximum Gasteiger partial charge on any atom is 0.311 e. The SMILES string of the molecule is CC[C@@H]1OC(=O)[C@H](C)[C@H](O[C@H]2C[C@@](C)(OC)[C@@H](O)[C@H](C)O2)[C@@H](C)[C@@H](O[C@@H]2O[C@H](C)C[C@H](NC)[C@H]2O)[C@@](C)(O)C[C@@H](C)C2=C(C)C(=O)[C@@]1(C)O2. The molecule has 0 radical (unpaired) electrons. The number of aliphatic hydroxyl groups excluding tert-OH is 2. The molecule has 0 aromatic carbocycles. The molecule has 0 aromatic rings. The molecule has 13 nitrogen and oxygen atoms in total. The highest BCUT2D eigenvalue weighted by molar-refractivity contribution is 6.04. The topological polar surface area (TPSA) is 171 Å². The third-order valence-electron chi connectivity index (χ3n) is 11.4. The monoisotopic (exact) mass is 699 g/mol. The van der Waals surface area contributed by atoms with E-state index in [2.05, 4.69) is 5.32 Å². The Bertz CT molecular complexity index is 1230. The summed E-state index contributed by atoms with van der Waals surface area (Å²) in [7, 11) is 3.27. The zero-order valence-corrected chi connectivity index (χ0v) is 31.3. The zero-order valence-electron chi connectivity index (χ0n) is 31.3. The minimum atomic E-state index is -1.63. The fraction of sp³-hybridized carbons (Fsp3) is 0.889. The molecule has 3 fully saturated rings. The lowest BCUT2D eigenvalue weighted by Gasteiger charge is -2.48. The number of nitrogens with one attached hydrogen (secondary N) is 1. The number of Topliss-reactive ketones (excluding diaryl/α,β-unsaturated/α-hetero) is 1. The Balaban J connectivity index is 1.82. The average Bonchev–Trinajstić information content (AvgIpc) is 3.28. The molecule has 282 valence electrons. The minimum absolute atomic E-state index is 0.101. The molecule has 0 spiro atoms. The molecule has 0 amide bonds. The molecule has 4 heterocycles. The molecule has 4 aliphatic rings. The van der Waals surface area contributed by atoms with Gasteiger partial charge in [-0.3, -0.25) is 9.59 Å². The maximum absolute atomic E-state index is 14.1. The Labute approximate surface area is 291 Å². The molecular formula is C36H61NO12. The predicted molar refractivity (Wildman–Crippen MR) is 178 cm³/mol. The molecule has 3 saturated heterocycles. The van der Waals surface area contributed by atoms with Crippen LogP contribution in [0, 0.1) is 17.8 Å². The molecule has 16 atom stereocenters. The van der Waals surface area contributed by atoms with Crippen LogP contribution in [0.1, 0.15) is 94.9 Å². The summed E-state index contributed by atoms with van der Waals surface area (Å²) in [4.78, 5) is 27.9. The number of esters is 1. The summed E-state index contributed by atoms with van der Waals surface area (Å²) >= 11 is 0. The number of rotatable bonds is 7. The number of methoxy groups -OCH3 is 1. The number of fused-ring (bicyclic) bond motifs is 2. The Morgan fingerprint density at radius 2 is 1.65 bits per heavy atom. The number of hydrogen-bond acceptors (Lipinski definition) is 13. The van der Waals surface area contributed by atoms with Gasteiger partial charge in [-0.25, -0.2) is 0 Å². The lowest BCUT2D eigenvalue weighted by Crippen LogP contribution is -2.60. The van der Waals surface area contributed by atoms with Gasteiger partial charge < -0.3 is 53.8 Å². The maximum atomic E-state index is 14.1. The van der Waals surface area contributed by atoms with Gasteiger partial charge in [-0.05, 0) is 74.8 Å². The Morgan fingerprint density at radius 1 is 1.00 bits per heavy atom. The predicted octanol–water partition coefficient (Wildman–Crippen LogP) is 2.76. The second-order valence-corrected chi connectivity index (χ2v) is 15.5. The van der Waals surface area contributed by atoms with Crippen molar-refractivity contribution in [1.82, 2.24) is 5.32 Å². The first-order chi connectivity index (χ1) is 22.7. The van der Waals surface area contributed by atoms with E-state index in [1.165, 1.54) is 7.11 Å². The molecule has 49 heavy (non-hydrogen) atoms. The van der Waals surface area contributed by atoms with Crippen molar-refractivity contribution in [2.75, 3.05) is 14.2 Å². The summed E-state index contributed by atoms with van der Waals surface area (Å²) in [5.41, 5.74) is -3.66. The lowest BCUT2D eigenvalue weighted by atomic mass is 9.77. The van der Waals surface area contributed by atoms with Gasteiger partial charge in [0.1, 0.15) is 24.1 Å². The highest BCUT2D eigenvalue weighted by atomic mass is 16.7. The van der Waals surface area contributed by atoms with Crippen LogP contribution in [0.3, 0.4) is 0 Å². The third kappa shape index (κ3) is 7.75. The average molecular weight is 700 g/mol. The van der Waals surface area contributed by atoms with Crippen LogP contribution in [0.5, 0.6) is 0 Å². The van der Waals surface area contributed by atoms with E-state index in [1.54, 1.807) is 48.6 Å². The number of likely N-dealkylation sites (N-methyl/N-ethyl adjacent to an activating group) is 1. The normalized spacial score (nSPS) is 48.7. The van der Waals surface area contributed by atoms with Crippen LogP contribution in [0.4, 0.5) is 0 Å². The van der Waals surface area contributed by atoms with Crippen LogP contribution >= 0.6 is 0 Å². The zero-order chi connectivity index (χ0) is 36.8. The standard InChI is InChI=1S/C36H61NO12/c1-13-24-36(10)29(39)19(4)27(49-36)17(2)15-34(8,42)31(48-33-26(38)23(37-11)14-18(3)44-33)20(5)28(21(6)32(41)46-24)47-25-16-35(9,43-12)30(40)22(7)45-25/h17-18,20-26,28,30-31,33,37-38,40,42H,13-16H2,1-12H3/t17-,18-,20-,21-,22+,23+,24+,25+,26-,28-,30+,31-,33+,34+,35-,36+/m1/s1. The number of ether oxygens (including phenoxy) is 7. The van der Waals surface area contributed by atoms with Crippen molar-refractivity contribution >= 4 is 11.8 Å². The highest BCUT2D eigenvalue weighted by Gasteiger charge is 2.56. The van der Waals surface area contributed by atoms with Crippen molar-refractivity contribution in [2.45, 2.75) is 173 Å². The van der Waals surface area contributed by atoms with E-state index in [1.807, 2.05) is 27.7 Å². The van der Waals surface area contributed by atoms with Crippen LogP contribution in [-0.4, -0.2) is 119 Å². The van der Waals surface area contributed by atoms with Crippen LogP contribution in [0.25, 0.3) is 0 Å². The van der Waals surface area contributed by atoms with Gasteiger partial charge in [0.25, 0.3) is 0 Å². The number of allylic oxidation sites excluding steroid dienone is 1. The van der Waals surface area contributed by atoms with Gasteiger partial charge in [-0.15, -0.1) is 0 Å². The second-order valence-electron chi connectivity index (χ2n) is 15.5. The molecule has 13 heteroatoms. The minimum Gasteiger partial charge on any atom is -0.479 e. The summed E-state index contributed by atoms with van der Waals surface area (Å²) in [6.07, 6.45) is -6.78. The highest BCUT2D eigenvalue weighted by Crippen LogP contribution is 2.44. The van der Waals surface area contributed by atoms with Crippen LogP contribution in [0.2, 0.25) is 0 Å². The van der Waals surface area contributed by atoms with E-state index in [4.69, 9.17) is 33.2 Å². The van der Waals surface area contributed by atoms with Gasteiger partial charge in [0.15, 0.2) is 12.6 Å². The first-order valence-corrected chi connectivity index (χ1v) is 17.8. The molecule has 0 aliphatic carbocycles. The Kier molecular flexibility index (Phi) is 12.4. The largest absolute Gasteiger partial charge is 0.479 e. The van der Waals surface area contributed by atoms with E-state index in [9.17, 15) is 24.9 Å². The summed E-state index contributed by atoms with van der Waals surface area (Å²) in [5, 5.41) is 37.7. The van der Waals surface area contributed by atoms with Crippen molar-refractivity contribution in [1.29, 1.82) is 0 Å². The molecular weight excluding hydrogens is 638 g/mol. The number of carbonyl (C=O) groups excluding carboxylic acids is 2. The second kappa shape index (κ2) is 15.1. The van der Waals surface area contributed by atoms with Gasteiger partial charge in [0, 0.05) is 37.0 Å². The molecule has 4 N–H and O–H groups in total. The van der Waals surface area contributed by atoms with E-state index in [-0.39, 0.29) is 30.8 Å². The number of cyclic esters (lactones) is 1. The van der Waals surface area contributed by atoms with Crippen LogP contribution < -0.4 is 5.32 Å². The van der Waals surface area contributed by atoms with Crippen LogP contribution in [-0.2, 0) is 42.7 Å². The molecule has 2 bridgehead atoms. The van der Waals surface area contributed by atoms with Crippen molar-refractivity contribution in [3.05, 3.63) is 11.3 Å². The van der Waals surface area contributed by atoms with Crippen molar-refractivity contribution in [3.63, 3.8) is 0 Å². The van der Waals surface area contributed by atoms with Gasteiger partial charge in [-0.2, -0.15) is 0 Å². The molecule has 0 saturated carbocycles. The van der Waals surface area contributed by atoms with Gasteiger partial charge >= 0.3 is 5.97 Å².